The maximum absolute atomic E-state index is 12.2. The molecule has 0 saturated carbocycles. The Morgan fingerprint density at radius 3 is 2.56 bits per heavy atom. The Kier molecular flexibility index (Phi) is 4.07. The first-order valence-corrected chi connectivity index (χ1v) is 8.15. The highest BCUT2D eigenvalue weighted by atomic mass is 32.2. The van der Waals surface area contributed by atoms with Crippen molar-refractivity contribution < 1.29 is 8.42 Å². The predicted octanol–water partition coefficient (Wildman–Crippen LogP) is 2.64. The first-order chi connectivity index (χ1) is 8.53. The fourth-order valence-electron chi connectivity index (χ4n) is 2.29. The summed E-state index contributed by atoms with van der Waals surface area (Å²) in [4.78, 5) is 0.406. The lowest BCUT2D eigenvalue weighted by molar-refractivity contribution is 0.555. The molecule has 100 valence electrons. The highest BCUT2D eigenvalue weighted by Crippen LogP contribution is 2.24. The summed E-state index contributed by atoms with van der Waals surface area (Å²) in [7, 11) is -3.36. The number of sulfonamides is 1. The smallest absolute Gasteiger partial charge is 0.208 e. The second kappa shape index (κ2) is 5.41. The number of benzene rings is 1. The van der Waals surface area contributed by atoms with Gasteiger partial charge in [-0.1, -0.05) is 13.0 Å². The molecular weight excluding hydrogens is 246 g/mol. The summed E-state index contributed by atoms with van der Waals surface area (Å²) in [5.74, 6) is 0. The van der Waals surface area contributed by atoms with Gasteiger partial charge < -0.3 is 0 Å². The van der Waals surface area contributed by atoms with Gasteiger partial charge in [-0.3, -0.25) is 0 Å². The SMILES string of the molecule is CC[C@@H](C)NS(=O)(=O)c1ccc2c(c1)CCCC2. The monoisotopic (exact) mass is 267 g/mol. The summed E-state index contributed by atoms with van der Waals surface area (Å²) in [6.45, 7) is 3.86. The molecule has 1 aromatic rings. The minimum atomic E-state index is -3.36. The Bertz CT molecular complexity index is 523. The van der Waals surface area contributed by atoms with Crippen molar-refractivity contribution in [2.75, 3.05) is 0 Å². The summed E-state index contributed by atoms with van der Waals surface area (Å²) in [6.07, 6.45) is 5.25. The Morgan fingerprint density at radius 1 is 1.22 bits per heavy atom. The summed E-state index contributed by atoms with van der Waals surface area (Å²) in [6, 6.07) is 5.53. The van der Waals surface area contributed by atoms with Gasteiger partial charge in [-0.05, 0) is 62.3 Å². The highest BCUT2D eigenvalue weighted by molar-refractivity contribution is 7.89. The average molecular weight is 267 g/mol. The van der Waals surface area contributed by atoms with Gasteiger partial charge in [0.1, 0.15) is 0 Å². The second-order valence-electron chi connectivity index (χ2n) is 5.07. The number of aryl methyl sites for hydroxylation is 2. The van der Waals surface area contributed by atoms with Crippen LogP contribution in [0.5, 0.6) is 0 Å². The van der Waals surface area contributed by atoms with Gasteiger partial charge in [-0.25, -0.2) is 13.1 Å². The van der Waals surface area contributed by atoms with Gasteiger partial charge in [-0.15, -0.1) is 0 Å². The number of fused-ring (bicyclic) bond motifs is 1. The van der Waals surface area contributed by atoms with E-state index in [1.54, 1.807) is 6.07 Å². The lowest BCUT2D eigenvalue weighted by Gasteiger charge is -2.18. The minimum Gasteiger partial charge on any atom is -0.208 e. The van der Waals surface area contributed by atoms with E-state index in [1.165, 1.54) is 17.5 Å². The molecule has 2 rings (SSSR count). The van der Waals surface area contributed by atoms with Crippen LogP contribution in [-0.2, 0) is 22.9 Å². The second-order valence-corrected chi connectivity index (χ2v) is 6.78. The molecule has 0 aromatic heterocycles. The molecule has 0 spiro atoms. The molecule has 0 radical (unpaired) electrons. The van der Waals surface area contributed by atoms with E-state index >= 15 is 0 Å². The molecule has 18 heavy (non-hydrogen) atoms. The number of hydrogen-bond donors (Lipinski definition) is 1. The van der Waals surface area contributed by atoms with Gasteiger partial charge >= 0.3 is 0 Å². The first kappa shape index (κ1) is 13.6. The molecule has 1 N–H and O–H groups in total. The number of nitrogens with one attached hydrogen (secondary N) is 1. The quantitative estimate of drug-likeness (QED) is 0.911. The van der Waals surface area contributed by atoms with Crippen molar-refractivity contribution >= 4 is 10.0 Å². The Balaban J connectivity index is 2.28. The lowest BCUT2D eigenvalue weighted by Crippen LogP contribution is -2.32. The van der Waals surface area contributed by atoms with Gasteiger partial charge in [-0.2, -0.15) is 0 Å². The van der Waals surface area contributed by atoms with Crippen LogP contribution in [0.4, 0.5) is 0 Å². The van der Waals surface area contributed by atoms with E-state index in [4.69, 9.17) is 0 Å². The van der Waals surface area contributed by atoms with E-state index in [2.05, 4.69) is 4.72 Å². The van der Waals surface area contributed by atoms with Crippen LogP contribution in [0.25, 0.3) is 0 Å². The summed E-state index contributed by atoms with van der Waals surface area (Å²) < 4.78 is 27.1. The third kappa shape index (κ3) is 2.93. The molecule has 1 aromatic carbocycles. The van der Waals surface area contributed by atoms with Crippen molar-refractivity contribution in [3.63, 3.8) is 0 Å². The van der Waals surface area contributed by atoms with Gasteiger partial charge in [0.2, 0.25) is 10.0 Å². The fraction of sp³-hybridized carbons (Fsp3) is 0.571. The van der Waals surface area contributed by atoms with Crippen molar-refractivity contribution in [2.24, 2.45) is 0 Å². The van der Waals surface area contributed by atoms with E-state index in [-0.39, 0.29) is 6.04 Å². The van der Waals surface area contributed by atoms with E-state index in [1.807, 2.05) is 26.0 Å². The molecule has 0 saturated heterocycles. The molecule has 0 amide bonds. The van der Waals surface area contributed by atoms with E-state index in [0.29, 0.717) is 4.90 Å². The third-order valence-corrected chi connectivity index (χ3v) is 5.19. The molecule has 0 heterocycles. The summed E-state index contributed by atoms with van der Waals surface area (Å²) in [5, 5.41) is 0. The van der Waals surface area contributed by atoms with Crippen LogP contribution < -0.4 is 4.72 Å². The molecule has 4 heteroatoms. The molecule has 1 aliphatic rings. The summed E-state index contributed by atoms with van der Waals surface area (Å²) >= 11 is 0. The third-order valence-electron chi connectivity index (χ3n) is 3.60. The predicted molar refractivity (Wildman–Crippen MR) is 73.2 cm³/mol. The molecule has 0 fully saturated rings. The zero-order chi connectivity index (χ0) is 13.2. The van der Waals surface area contributed by atoms with E-state index in [9.17, 15) is 8.42 Å². The number of hydrogen-bond acceptors (Lipinski definition) is 2. The fourth-order valence-corrected chi connectivity index (χ4v) is 3.67. The topological polar surface area (TPSA) is 46.2 Å². The first-order valence-electron chi connectivity index (χ1n) is 6.67. The van der Waals surface area contributed by atoms with Gasteiger partial charge in [0.25, 0.3) is 0 Å². The van der Waals surface area contributed by atoms with Crippen molar-refractivity contribution in [3.05, 3.63) is 29.3 Å². The van der Waals surface area contributed by atoms with Gasteiger partial charge in [0.05, 0.1) is 4.90 Å². The van der Waals surface area contributed by atoms with Crippen molar-refractivity contribution in [1.82, 2.24) is 4.72 Å². The molecule has 1 aliphatic carbocycles. The largest absolute Gasteiger partial charge is 0.240 e. The standard InChI is InChI=1S/C14H21NO2S/c1-3-11(2)15-18(16,17)14-9-8-12-6-4-5-7-13(12)10-14/h8-11,15H,3-7H2,1-2H3/t11-/m1/s1. The van der Waals surface area contributed by atoms with Gasteiger partial charge in [0, 0.05) is 6.04 Å². The molecule has 0 aliphatic heterocycles. The molecule has 0 bridgehead atoms. The maximum Gasteiger partial charge on any atom is 0.240 e. The molecular formula is C14H21NO2S. The number of rotatable bonds is 4. The van der Waals surface area contributed by atoms with Crippen molar-refractivity contribution in [2.45, 2.75) is 56.9 Å². The van der Waals surface area contributed by atoms with Crippen molar-refractivity contribution in [1.29, 1.82) is 0 Å². The van der Waals surface area contributed by atoms with Gasteiger partial charge in [0.15, 0.2) is 0 Å². The average Bonchev–Trinajstić information content (AvgIpc) is 2.37. The normalized spacial score (nSPS) is 17.2. The van der Waals surface area contributed by atoms with Crippen LogP contribution in [0.3, 0.4) is 0 Å². The van der Waals surface area contributed by atoms with Crippen LogP contribution in [0, 0.1) is 0 Å². The van der Waals surface area contributed by atoms with Crippen LogP contribution in [0.15, 0.2) is 23.1 Å². The zero-order valence-electron chi connectivity index (χ0n) is 11.1. The minimum absolute atomic E-state index is 0.0222. The molecule has 3 nitrogen and oxygen atoms in total. The summed E-state index contributed by atoms with van der Waals surface area (Å²) in [5.41, 5.74) is 2.51. The van der Waals surface area contributed by atoms with Crippen LogP contribution >= 0.6 is 0 Å². The van der Waals surface area contributed by atoms with E-state index < -0.39 is 10.0 Å². The van der Waals surface area contributed by atoms with Crippen LogP contribution in [-0.4, -0.2) is 14.5 Å². The molecule has 1 atom stereocenters. The Labute approximate surface area is 110 Å². The van der Waals surface area contributed by atoms with Crippen LogP contribution in [0.2, 0.25) is 0 Å². The highest BCUT2D eigenvalue weighted by Gasteiger charge is 2.19. The Morgan fingerprint density at radius 2 is 1.89 bits per heavy atom. The van der Waals surface area contributed by atoms with Crippen LogP contribution in [0.1, 0.15) is 44.2 Å². The van der Waals surface area contributed by atoms with Crippen molar-refractivity contribution in [3.8, 4) is 0 Å². The Hall–Kier alpha value is -0.870. The molecule has 0 unspecified atom stereocenters. The zero-order valence-corrected chi connectivity index (χ0v) is 11.9. The maximum atomic E-state index is 12.2. The van der Waals surface area contributed by atoms with E-state index in [0.717, 1.165) is 25.7 Å². The lowest BCUT2D eigenvalue weighted by atomic mass is 9.92.